The fraction of sp³-hybridized carbons (Fsp3) is 0. The van der Waals surface area contributed by atoms with E-state index in [1.54, 1.807) is 0 Å². The maximum absolute atomic E-state index is 13.1. The van der Waals surface area contributed by atoms with Gasteiger partial charge in [-0.2, -0.15) is 10.2 Å². The van der Waals surface area contributed by atoms with Crippen LogP contribution in [0.5, 0.6) is 0 Å². The molecule has 1 aliphatic rings. The van der Waals surface area contributed by atoms with Crippen LogP contribution in [0.4, 0.5) is 4.39 Å². The average molecular weight is 190 g/mol. The Labute approximate surface area is 78.2 Å². The van der Waals surface area contributed by atoms with Gasteiger partial charge in [0.05, 0.1) is 11.1 Å². The molecule has 0 atom stereocenters. The summed E-state index contributed by atoms with van der Waals surface area (Å²) in [5, 5.41) is 8.48. The first-order valence-corrected chi connectivity index (χ1v) is 3.74. The van der Waals surface area contributed by atoms with Crippen LogP contribution in [0.2, 0.25) is 0 Å². The number of benzene rings is 1. The van der Waals surface area contributed by atoms with Gasteiger partial charge in [-0.1, -0.05) is 6.07 Å². The van der Waals surface area contributed by atoms with Gasteiger partial charge in [-0.15, -0.1) is 0 Å². The average Bonchev–Trinajstić information content (AvgIpc) is 2.41. The Morgan fingerprint density at radius 3 is 2.57 bits per heavy atom. The number of fused-ring (bicyclic) bond motifs is 1. The first kappa shape index (κ1) is 8.38. The summed E-state index contributed by atoms with van der Waals surface area (Å²) in [7, 11) is 0. The summed E-state index contributed by atoms with van der Waals surface area (Å²) in [5.74, 6) is -2.45. The Bertz CT molecular complexity index is 490. The lowest BCUT2D eigenvalue weighted by Gasteiger charge is -1.98. The standard InChI is InChI=1S/C9H3FN2O2/c10-6-3-1-2-5-7(6)9(14)12(4-11)8(5)13/h1-3H. The lowest BCUT2D eigenvalue weighted by Crippen LogP contribution is -2.23. The third kappa shape index (κ3) is 0.850. The highest BCUT2D eigenvalue weighted by molar-refractivity contribution is 6.22. The molecule has 0 aliphatic carbocycles. The van der Waals surface area contributed by atoms with Gasteiger partial charge in [-0.3, -0.25) is 9.59 Å². The maximum Gasteiger partial charge on any atom is 0.277 e. The second-order valence-electron chi connectivity index (χ2n) is 2.71. The molecule has 0 fully saturated rings. The predicted octanol–water partition coefficient (Wildman–Crippen LogP) is 0.903. The molecule has 14 heavy (non-hydrogen) atoms. The highest BCUT2D eigenvalue weighted by Crippen LogP contribution is 2.24. The van der Waals surface area contributed by atoms with Crippen molar-refractivity contribution in [3.63, 3.8) is 0 Å². The molecule has 0 radical (unpaired) electrons. The summed E-state index contributed by atoms with van der Waals surface area (Å²) in [6.45, 7) is 0. The number of nitriles is 1. The lowest BCUT2D eigenvalue weighted by atomic mass is 10.1. The third-order valence-corrected chi connectivity index (χ3v) is 1.96. The monoisotopic (exact) mass is 190 g/mol. The quantitative estimate of drug-likeness (QED) is 0.451. The topological polar surface area (TPSA) is 61.2 Å². The van der Waals surface area contributed by atoms with Crippen LogP contribution in [0.1, 0.15) is 20.7 Å². The second kappa shape index (κ2) is 2.64. The molecule has 4 nitrogen and oxygen atoms in total. The van der Waals surface area contributed by atoms with Gasteiger partial charge in [-0.25, -0.2) is 4.39 Å². The van der Waals surface area contributed by atoms with Crippen LogP contribution in [0.25, 0.3) is 0 Å². The van der Waals surface area contributed by atoms with E-state index in [0.717, 1.165) is 6.07 Å². The van der Waals surface area contributed by atoms with Crippen molar-refractivity contribution in [2.24, 2.45) is 0 Å². The van der Waals surface area contributed by atoms with Crippen molar-refractivity contribution >= 4 is 11.8 Å². The molecule has 1 aliphatic heterocycles. The van der Waals surface area contributed by atoms with Gasteiger partial charge in [0.2, 0.25) is 0 Å². The van der Waals surface area contributed by atoms with Gasteiger partial charge in [0, 0.05) is 0 Å². The Kier molecular flexibility index (Phi) is 1.58. The van der Waals surface area contributed by atoms with Gasteiger partial charge in [0.25, 0.3) is 11.8 Å². The minimum Gasteiger partial charge on any atom is -0.267 e. The Balaban J connectivity index is 2.72. The van der Waals surface area contributed by atoms with Crippen molar-refractivity contribution in [3.05, 3.63) is 35.1 Å². The molecule has 68 valence electrons. The van der Waals surface area contributed by atoms with E-state index in [2.05, 4.69) is 0 Å². The molecular weight excluding hydrogens is 187 g/mol. The van der Waals surface area contributed by atoms with Gasteiger partial charge in [-0.05, 0) is 12.1 Å². The summed E-state index contributed by atoms with van der Waals surface area (Å²) in [6, 6.07) is 3.71. The Morgan fingerprint density at radius 1 is 1.29 bits per heavy atom. The number of amides is 2. The second-order valence-corrected chi connectivity index (χ2v) is 2.71. The molecule has 2 amide bonds. The molecule has 0 spiro atoms. The normalized spacial score (nSPS) is 14.1. The predicted molar refractivity (Wildman–Crippen MR) is 42.5 cm³/mol. The minimum absolute atomic E-state index is 0.0587. The van der Waals surface area contributed by atoms with Crippen molar-refractivity contribution in [2.45, 2.75) is 0 Å². The lowest BCUT2D eigenvalue weighted by molar-refractivity contribution is 0.0731. The van der Waals surface area contributed by atoms with E-state index in [4.69, 9.17) is 5.26 Å². The molecule has 0 saturated carbocycles. The van der Waals surface area contributed by atoms with Gasteiger partial charge in [0.1, 0.15) is 5.82 Å². The molecule has 0 bridgehead atoms. The van der Waals surface area contributed by atoms with Crippen molar-refractivity contribution in [1.82, 2.24) is 4.90 Å². The van der Waals surface area contributed by atoms with Crippen LogP contribution >= 0.6 is 0 Å². The SMILES string of the molecule is N#CN1C(=O)c2cccc(F)c2C1=O. The van der Waals surface area contributed by atoms with E-state index in [0.29, 0.717) is 4.90 Å². The number of hydrogen-bond acceptors (Lipinski definition) is 3. The number of imide groups is 1. The number of halogens is 1. The van der Waals surface area contributed by atoms with E-state index in [-0.39, 0.29) is 11.1 Å². The first-order valence-electron chi connectivity index (χ1n) is 3.74. The van der Waals surface area contributed by atoms with Gasteiger partial charge in [0.15, 0.2) is 6.19 Å². The number of rotatable bonds is 0. The van der Waals surface area contributed by atoms with Gasteiger partial charge < -0.3 is 0 Å². The largest absolute Gasteiger partial charge is 0.277 e. The molecule has 2 rings (SSSR count). The van der Waals surface area contributed by atoms with Crippen molar-refractivity contribution < 1.29 is 14.0 Å². The minimum atomic E-state index is -0.898. The van der Waals surface area contributed by atoms with Crippen molar-refractivity contribution in [1.29, 1.82) is 5.26 Å². The molecule has 0 unspecified atom stereocenters. The maximum atomic E-state index is 13.1. The van der Waals surface area contributed by atoms with Crippen molar-refractivity contribution in [2.75, 3.05) is 0 Å². The molecule has 1 heterocycles. The summed E-state index contributed by atoms with van der Waals surface area (Å²) in [6.07, 6.45) is 1.41. The zero-order valence-corrected chi connectivity index (χ0v) is 6.82. The fourth-order valence-electron chi connectivity index (χ4n) is 1.34. The van der Waals surface area contributed by atoms with Gasteiger partial charge >= 0.3 is 0 Å². The zero-order valence-electron chi connectivity index (χ0n) is 6.82. The Hall–Kier alpha value is -2.22. The van der Waals surface area contributed by atoms with Crippen LogP contribution < -0.4 is 0 Å². The summed E-state index contributed by atoms with van der Waals surface area (Å²) < 4.78 is 13.1. The van der Waals surface area contributed by atoms with E-state index in [1.165, 1.54) is 18.3 Å². The van der Waals surface area contributed by atoms with Crippen LogP contribution in [0, 0.1) is 17.3 Å². The van der Waals surface area contributed by atoms with E-state index >= 15 is 0 Å². The molecule has 0 aromatic heterocycles. The summed E-state index contributed by atoms with van der Waals surface area (Å²) >= 11 is 0. The molecule has 1 aromatic carbocycles. The number of carbonyl (C=O) groups excluding carboxylic acids is 2. The fourth-order valence-corrected chi connectivity index (χ4v) is 1.34. The van der Waals surface area contributed by atoms with E-state index < -0.39 is 17.6 Å². The van der Waals surface area contributed by atoms with E-state index in [9.17, 15) is 14.0 Å². The number of nitrogens with zero attached hydrogens (tertiary/aromatic N) is 2. The highest BCUT2D eigenvalue weighted by Gasteiger charge is 2.38. The molecule has 1 aromatic rings. The summed E-state index contributed by atoms with van der Waals surface area (Å²) in [5.41, 5.74) is -0.379. The summed E-state index contributed by atoms with van der Waals surface area (Å²) in [4.78, 5) is 22.9. The Morgan fingerprint density at radius 2 is 2.00 bits per heavy atom. The molecule has 0 N–H and O–H groups in total. The highest BCUT2D eigenvalue weighted by atomic mass is 19.1. The van der Waals surface area contributed by atoms with Crippen LogP contribution in [0.3, 0.4) is 0 Å². The first-order chi connectivity index (χ1) is 6.66. The molecule has 0 saturated heterocycles. The third-order valence-electron chi connectivity index (χ3n) is 1.96. The van der Waals surface area contributed by atoms with Crippen LogP contribution in [-0.4, -0.2) is 16.7 Å². The molecular formula is C9H3FN2O2. The molecule has 5 heteroatoms. The van der Waals surface area contributed by atoms with Crippen LogP contribution in [0.15, 0.2) is 18.2 Å². The zero-order chi connectivity index (χ0) is 10.3. The smallest absolute Gasteiger partial charge is 0.267 e. The van der Waals surface area contributed by atoms with E-state index in [1.807, 2.05) is 0 Å². The number of carbonyl (C=O) groups is 2. The van der Waals surface area contributed by atoms with Crippen LogP contribution in [-0.2, 0) is 0 Å². The van der Waals surface area contributed by atoms with Crippen molar-refractivity contribution in [3.8, 4) is 6.19 Å². The number of hydrogen-bond donors (Lipinski definition) is 0.